The Morgan fingerprint density at radius 3 is 2.34 bits per heavy atom. The van der Waals surface area contributed by atoms with Crippen molar-refractivity contribution in [3.05, 3.63) is 59.7 Å². The second-order valence-electron chi connectivity index (χ2n) is 7.85. The van der Waals surface area contributed by atoms with E-state index in [2.05, 4.69) is 60.0 Å². The van der Waals surface area contributed by atoms with Gasteiger partial charge in [0.15, 0.2) is 11.5 Å². The molecule has 0 radical (unpaired) electrons. The molecule has 0 bridgehead atoms. The van der Waals surface area contributed by atoms with Gasteiger partial charge in [-0.25, -0.2) is 0 Å². The number of piperazine rings is 1. The van der Waals surface area contributed by atoms with Gasteiger partial charge in [-0.05, 0) is 36.6 Å². The molecule has 1 saturated heterocycles. The third-order valence-electron chi connectivity index (χ3n) is 4.97. The molecular weight excluding hydrogens is 380 g/mol. The maximum Gasteiger partial charge on any atom is 0.161 e. The summed E-state index contributed by atoms with van der Waals surface area (Å²) in [6.45, 7) is 12.5. The molecule has 0 N–H and O–H groups in total. The Morgan fingerprint density at radius 2 is 1.69 bits per heavy atom. The third-order valence-corrected chi connectivity index (χ3v) is 5.47. The number of benzene rings is 2. The highest BCUT2D eigenvalue weighted by Gasteiger charge is 2.21. The first-order chi connectivity index (χ1) is 14.1. The minimum atomic E-state index is 0.470. The molecule has 0 spiro atoms. The topological polar surface area (TPSA) is 24.9 Å². The van der Waals surface area contributed by atoms with E-state index in [9.17, 15) is 0 Å². The van der Waals surface area contributed by atoms with Crippen LogP contribution in [0.15, 0.2) is 48.5 Å². The van der Waals surface area contributed by atoms with Gasteiger partial charge in [-0.15, -0.1) is 0 Å². The van der Waals surface area contributed by atoms with Crippen molar-refractivity contribution in [1.29, 1.82) is 0 Å². The van der Waals surface area contributed by atoms with Crippen molar-refractivity contribution >= 4 is 17.2 Å². The molecule has 5 heteroatoms. The van der Waals surface area contributed by atoms with Crippen molar-refractivity contribution in [2.45, 2.75) is 27.3 Å². The van der Waals surface area contributed by atoms with E-state index in [1.54, 1.807) is 0 Å². The predicted molar refractivity (Wildman–Crippen MR) is 123 cm³/mol. The van der Waals surface area contributed by atoms with Crippen LogP contribution in [0.1, 0.15) is 31.9 Å². The van der Waals surface area contributed by atoms with Gasteiger partial charge < -0.3 is 14.4 Å². The Kier molecular flexibility index (Phi) is 7.90. The maximum absolute atomic E-state index is 5.91. The second-order valence-corrected chi connectivity index (χ2v) is 8.24. The standard InChI is InChI=1S/C24H32N2O2S/c1-4-27-23-16-21(10-11-22(23)28-18-19(2)3)24(29)26-14-12-25(13-15-26)17-20-8-6-5-7-9-20/h5-11,16,19H,4,12-15,17-18H2,1-3H3. The summed E-state index contributed by atoms with van der Waals surface area (Å²) in [7, 11) is 0. The largest absolute Gasteiger partial charge is 0.490 e. The van der Waals surface area contributed by atoms with Crippen LogP contribution in [0.4, 0.5) is 0 Å². The summed E-state index contributed by atoms with van der Waals surface area (Å²) in [5, 5.41) is 0. The van der Waals surface area contributed by atoms with Gasteiger partial charge in [0.1, 0.15) is 4.99 Å². The molecule has 1 fully saturated rings. The first-order valence-electron chi connectivity index (χ1n) is 10.5. The molecule has 0 amide bonds. The van der Waals surface area contributed by atoms with Crippen molar-refractivity contribution in [1.82, 2.24) is 9.80 Å². The lowest BCUT2D eigenvalue weighted by Gasteiger charge is -2.36. The summed E-state index contributed by atoms with van der Waals surface area (Å²) >= 11 is 5.81. The Morgan fingerprint density at radius 1 is 0.966 bits per heavy atom. The molecule has 29 heavy (non-hydrogen) atoms. The molecule has 1 aliphatic rings. The monoisotopic (exact) mass is 412 g/mol. The van der Waals surface area contributed by atoms with E-state index >= 15 is 0 Å². The number of hydrogen-bond acceptors (Lipinski definition) is 4. The van der Waals surface area contributed by atoms with Crippen molar-refractivity contribution < 1.29 is 9.47 Å². The Labute approximate surface area is 180 Å². The van der Waals surface area contributed by atoms with Gasteiger partial charge in [0.25, 0.3) is 0 Å². The van der Waals surface area contributed by atoms with Crippen LogP contribution in [0.5, 0.6) is 11.5 Å². The summed E-state index contributed by atoms with van der Waals surface area (Å²) in [6.07, 6.45) is 0. The highest BCUT2D eigenvalue weighted by Crippen LogP contribution is 2.30. The number of rotatable bonds is 8. The molecule has 1 heterocycles. The number of ether oxygens (including phenoxy) is 2. The fourth-order valence-electron chi connectivity index (χ4n) is 3.42. The van der Waals surface area contributed by atoms with Crippen LogP contribution in [0.2, 0.25) is 0 Å². The van der Waals surface area contributed by atoms with Crippen molar-refractivity contribution in [3.8, 4) is 11.5 Å². The van der Waals surface area contributed by atoms with Gasteiger partial charge in [0.05, 0.1) is 13.2 Å². The molecule has 1 aliphatic heterocycles. The lowest BCUT2D eigenvalue weighted by Crippen LogP contribution is -2.48. The highest BCUT2D eigenvalue weighted by atomic mass is 32.1. The lowest BCUT2D eigenvalue weighted by molar-refractivity contribution is 0.177. The molecule has 2 aromatic rings. The minimum absolute atomic E-state index is 0.470. The van der Waals surface area contributed by atoms with E-state index < -0.39 is 0 Å². The van der Waals surface area contributed by atoms with Crippen molar-refractivity contribution in [2.24, 2.45) is 5.92 Å². The molecule has 3 rings (SSSR count). The highest BCUT2D eigenvalue weighted by molar-refractivity contribution is 7.80. The summed E-state index contributed by atoms with van der Waals surface area (Å²) in [5.41, 5.74) is 2.39. The lowest BCUT2D eigenvalue weighted by atomic mass is 10.1. The number of thiocarbonyl (C=S) groups is 1. The van der Waals surface area contributed by atoms with Crippen LogP contribution in [0.3, 0.4) is 0 Å². The van der Waals surface area contributed by atoms with Gasteiger partial charge >= 0.3 is 0 Å². The van der Waals surface area contributed by atoms with Gasteiger partial charge in [-0.3, -0.25) is 4.90 Å². The average Bonchev–Trinajstić information content (AvgIpc) is 2.74. The van der Waals surface area contributed by atoms with Crippen LogP contribution in [-0.2, 0) is 6.54 Å². The second kappa shape index (κ2) is 10.6. The maximum atomic E-state index is 5.91. The Hall–Kier alpha value is -2.11. The van der Waals surface area contributed by atoms with Crippen molar-refractivity contribution in [2.75, 3.05) is 39.4 Å². The smallest absolute Gasteiger partial charge is 0.161 e. The first kappa shape index (κ1) is 21.6. The van der Waals surface area contributed by atoms with E-state index in [-0.39, 0.29) is 0 Å². The summed E-state index contributed by atoms with van der Waals surface area (Å²) in [6, 6.07) is 16.7. The average molecular weight is 413 g/mol. The van der Waals surface area contributed by atoms with Gasteiger partial charge in [0.2, 0.25) is 0 Å². The molecule has 0 unspecified atom stereocenters. The first-order valence-corrected chi connectivity index (χ1v) is 10.9. The molecular formula is C24H32N2O2S. The zero-order valence-electron chi connectivity index (χ0n) is 17.8. The predicted octanol–water partition coefficient (Wildman–Crippen LogP) is 4.61. The number of hydrogen-bond donors (Lipinski definition) is 0. The van der Waals surface area contributed by atoms with E-state index in [1.807, 2.05) is 19.1 Å². The molecule has 4 nitrogen and oxygen atoms in total. The Bertz CT molecular complexity index is 787. The minimum Gasteiger partial charge on any atom is -0.490 e. The van der Waals surface area contributed by atoms with Crippen LogP contribution in [-0.4, -0.2) is 54.2 Å². The normalized spacial score (nSPS) is 14.8. The quantitative estimate of drug-likeness (QED) is 0.590. The van der Waals surface area contributed by atoms with Gasteiger partial charge in [0, 0.05) is 38.3 Å². The zero-order chi connectivity index (χ0) is 20.6. The molecule has 0 atom stereocenters. The van der Waals surface area contributed by atoms with Crippen molar-refractivity contribution in [3.63, 3.8) is 0 Å². The summed E-state index contributed by atoms with van der Waals surface area (Å²) in [4.78, 5) is 5.68. The molecule has 0 aromatic heterocycles. The van der Waals surface area contributed by atoms with Crippen LogP contribution in [0.25, 0.3) is 0 Å². The van der Waals surface area contributed by atoms with Crippen LogP contribution < -0.4 is 9.47 Å². The zero-order valence-corrected chi connectivity index (χ0v) is 18.6. The number of nitrogens with zero attached hydrogens (tertiary/aromatic N) is 2. The van der Waals surface area contributed by atoms with E-state index in [0.29, 0.717) is 19.1 Å². The molecule has 2 aromatic carbocycles. The fourth-order valence-corrected chi connectivity index (χ4v) is 3.73. The van der Waals surface area contributed by atoms with E-state index in [1.165, 1.54) is 5.56 Å². The van der Waals surface area contributed by atoms with E-state index in [4.69, 9.17) is 21.7 Å². The molecule has 156 valence electrons. The summed E-state index contributed by atoms with van der Waals surface area (Å²) < 4.78 is 11.7. The van der Waals surface area contributed by atoms with Gasteiger partial charge in [-0.1, -0.05) is 56.4 Å². The SMILES string of the molecule is CCOc1cc(C(=S)N2CCN(Cc3ccccc3)CC2)ccc1OCC(C)C. The molecule has 0 aliphatic carbocycles. The van der Waals surface area contributed by atoms with Gasteiger partial charge in [-0.2, -0.15) is 0 Å². The van der Waals surface area contributed by atoms with Crippen LogP contribution >= 0.6 is 12.2 Å². The van der Waals surface area contributed by atoms with E-state index in [0.717, 1.165) is 54.8 Å². The molecule has 0 saturated carbocycles. The fraction of sp³-hybridized carbons (Fsp3) is 0.458. The third kappa shape index (κ3) is 6.18. The van der Waals surface area contributed by atoms with Crippen LogP contribution in [0, 0.1) is 5.92 Å². The summed E-state index contributed by atoms with van der Waals surface area (Å²) in [5.74, 6) is 2.04. The Balaban J connectivity index is 1.60.